The van der Waals surface area contributed by atoms with Gasteiger partial charge in [0.15, 0.2) is 5.58 Å². The number of fused-ring (bicyclic) bond motifs is 1. The smallest absolute Gasteiger partial charge is 0.227 e. The standard InChI is InChI=1S/C13H7BrCl2N2O/c14-7-1-2-11-10(5-7)18-13(19-11)6-3-8(15)12(17)9(16)4-6/h1-5H,17H2. The van der Waals surface area contributed by atoms with Gasteiger partial charge in [0.25, 0.3) is 0 Å². The molecule has 2 aromatic carbocycles. The van der Waals surface area contributed by atoms with Crippen LogP contribution in [0.25, 0.3) is 22.6 Å². The first-order valence-electron chi connectivity index (χ1n) is 5.35. The summed E-state index contributed by atoms with van der Waals surface area (Å²) in [5.74, 6) is 0.455. The van der Waals surface area contributed by atoms with Crippen molar-refractivity contribution in [2.24, 2.45) is 0 Å². The molecule has 3 aromatic rings. The number of rotatable bonds is 1. The van der Waals surface area contributed by atoms with Gasteiger partial charge in [0.1, 0.15) is 5.52 Å². The molecule has 96 valence electrons. The highest BCUT2D eigenvalue weighted by Gasteiger charge is 2.12. The van der Waals surface area contributed by atoms with Crippen LogP contribution < -0.4 is 5.73 Å². The Kier molecular flexibility index (Phi) is 3.17. The second kappa shape index (κ2) is 4.71. The Bertz CT molecular complexity index is 762. The number of aromatic nitrogens is 1. The van der Waals surface area contributed by atoms with Gasteiger partial charge in [0, 0.05) is 10.0 Å². The van der Waals surface area contributed by atoms with Crippen molar-refractivity contribution >= 4 is 55.9 Å². The molecule has 3 rings (SSSR count). The number of halogens is 3. The monoisotopic (exact) mass is 356 g/mol. The van der Waals surface area contributed by atoms with Gasteiger partial charge in [-0.25, -0.2) is 4.98 Å². The minimum Gasteiger partial charge on any atom is -0.436 e. The van der Waals surface area contributed by atoms with Gasteiger partial charge in [0.05, 0.1) is 15.7 Å². The van der Waals surface area contributed by atoms with Crippen molar-refractivity contribution in [2.75, 3.05) is 5.73 Å². The lowest BCUT2D eigenvalue weighted by molar-refractivity contribution is 0.620. The van der Waals surface area contributed by atoms with Crippen molar-refractivity contribution in [2.45, 2.75) is 0 Å². The van der Waals surface area contributed by atoms with Gasteiger partial charge in [-0.05, 0) is 30.3 Å². The molecule has 2 N–H and O–H groups in total. The van der Waals surface area contributed by atoms with Crippen LogP contribution in [0.3, 0.4) is 0 Å². The van der Waals surface area contributed by atoms with E-state index >= 15 is 0 Å². The molecular formula is C13H7BrCl2N2O. The van der Waals surface area contributed by atoms with Crippen molar-refractivity contribution < 1.29 is 4.42 Å². The summed E-state index contributed by atoms with van der Waals surface area (Å²) in [6.07, 6.45) is 0. The largest absolute Gasteiger partial charge is 0.436 e. The molecule has 0 bridgehead atoms. The predicted molar refractivity (Wildman–Crippen MR) is 81.6 cm³/mol. The molecule has 0 unspecified atom stereocenters. The molecule has 0 aliphatic rings. The summed E-state index contributed by atoms with van der Waals surface area (Å²) in [4.78, 5) is 4.40. The molecule has 0 fully saturated rings. The van der Waals surface area contributed by atoms with Gasteiger partial charge in [-0.15, -0.1) is 0 Å². The summed E-state index contributed by atoms with van der Waals surface area (Å²) in [6, 6.07) is 8.98. The third-order valence-electron chi connectivity index (χ3n) is 2.68. The number of oxazole rings is 1. The number of hydrogen-bond acceptors (Lipinski definition) is 3. The van der Waals surface area contributed by atoms with Gasteiger partial charge < -0.3 is 10.2 Å². The zero-order chi connectivity index (χ0) is 13.6. The number of anilines is 1. The first-order valence-corrected chi connectivity index (χ1v) is 6.90. The summed E-state index contributed by atoms with van der Waals surface area (Å²) in [5, 5.41) is 0.761. The average molecular weight is 358 g/mol. The molecule has 3 nitrogen and oxygen atoms in total. The maximum Gasteiger partial charge on any atom is 0.227 e. The van der Waals surface area contributed by atoms with E-state index < -0.39 is 0 Å². The Morgan fingerprint density at radius 2 is 1.79 bits per heavy atom. The van der Waals surface area contributed by atoms with E-state index in [4.69, 9.17) is 33.4 Å². The van der Waals surface area contributed by atoms with Gasteiger partial charge in [-0.1, -0.05) is 39.1 Å². The van der Waals surface area contributed by atoms with Crippen molar-refractivity contribution in [3.05, 3.63) is 44.8 Å². The molecule has 1 aromatic heterocycles. The molecule has 0 aliphatic carbocycles. The minimum atomic E-state index is 0.353. The van der Waals surface area contributed by atoms with Gasteiger partial charge >= 0.3 is 0 Å². The summed E-state index contributed by atoms with van der Waals surface area (Å²) >= 11 is 15.4. The highest BCUT2D eigenvalue weighted by molar-refractivity contribution is 9.10. The maximum absolute atomic E-state index is 6.01. The van der Waals surface area contributed by atoms with Crippen molar-refractivity contribution in [3.63, 3.8) is 0 Å². The zero-order valence-electron chi connectivity index (χ0n) is 9.45. The minimum absolute atomic E-state index is 0.353. The Morgan fingerprint density at radius 3 is 2.47 bits per heavy atom. The summed E-state index contributed by atoms with van der Waals surface area (Å²) < 4.78 is 6.61. The molecule has 0 saturated carbocycles. The number of nitrogen functional groups attached to an aromatic ring is 1. The van der Waals surface area contributed by atoms with Crippen LogP contribution >= 0.6 is 39.1 Å². The van der Waals surface area contributed by atoms with Gasteiger partial charge in [0.2, 0.25) is 5.89 Å². The first-order chi connectivity index (χ1) is 9.04. The van der Waals surface area contributed by atoms with Crippen LogP contribution in [-0.2, 0) is 0 Å². The summed E-state index contributed by atoms with van der Waals surface area (Å²) in [6.45, 7) is 0. The van der Waals surface area contributed by atoms with Crippen LogP contribution in [0.2, 0.25) is 10.0 Å². The molecular weight excluding hydrogens is 351 g/mol. The van der Waals surface area contributed by atoms with Gasteiger partial charge in [-0.2, -0.15) is 0 Å². The zero-order valence-corrected chi connectivity index (χ0v) is 12.6. The normalized spacial score (nSPS) is 11.1. The highest BCUT2D eigenvalue weighted by atomic mass is 79.9. The van der Waals surface area contributed by atoms with E-state index in [2.05, 4.69) is 20.9 Å². The van der Waals surface area contributed by atoms with Crippen LogP contribution in [0, 0.1) is 0 Å². The van der Waals surface area contributed by atoms with Gasteiger partial charge in [-0.3, -0.25) is 0 Å². The van der Waals surface area contributed by atoms with Crippen LogP contribution in [0.4, 0.5) is 5.69 Å². The Balaban J connectivity index is 2.19. The van der Waals surface area contributed by atoms with Crippen LogP contribution in [0.5, 0.6) is 0 Å². The number of benzene rings is 2. The Hall–Kier alpha value is -1.23. The fourth-order valence-electron chi connectivity index (χ4n) is 1.73. The van der Waals surface area contributed by atoms with E-state index in [1.165, 1.54) is 0 Å². The predicted octanol–water partition coefficient (Wildman–Crippen LogP) is 5.15. The number of nitrogens with zero attached hydrogens (tertiary/aromatic N) is 1. The lowest BCUT2D eigenvalue weighted by Gasteiger charge is -2.03. The topological polar surface area (TPSA) is 52.0 Å². The maximum atomic E-state index is 6.01. The van der Waals surface area contributed by atoms with Crippen molar-refractivity contribution in [3.8, 4) is 11.5 Å². The molecule has 0 spiro atoms. The Labute approximate surface area is 127 Å². The molecule has 0 amide bonds. The summed E-state index contributed by atoms with van der Waals surface area (Å²) in [7, 11) is 0. The SMILES string of the molecule is Nc1c(Cl)cc(-c2nc3cc(Br)ccc3o2)cc1Cl. The summed E-state index contributed by atoms with van der Waals surface area (Å²) in [5.41, 5.74) is 8.20. The molecule has 1 heterocycles. The van der Waals surface area contributed by atoms with Crippen molar-refractivity contribution in [1.29, 1.82) is 0 Å². The molecule has 0 atom stereocenters. The Morgan fingerprint density at radius 1 is 1.11 bits per heavy atom. The molecule has 0 aliphatic heterocycles. The molecule has 0 saturated heterocycles. The van der Waals surface area contributed by atoms with E-state index in [0.29, 0.717) is 32.8 Å². The first kappa shape index (κ1) is 12.8. The molecule has 6 heteroatoms. The lowest BCUT2D eigenvalue weighted by atomic mass is 10.2. The van der Waals surface area contributed by atoms with E-state index in [1.54, 1.807) is 12.1 Å². The van der Waals surface area contributed by atoms with Crippen molar-refractivity contribution in [1.82, 2.24) is 4.98 Å². The van der Waals surface area contributed by atoms with E-state index in [-0.39, 0.29) is 0 Å². The second-order valence-electron chi connectivity index (χ2n) is 3.98. The van der Waals surface area contributed by atoms with E-state index in [9.17, 15) is 0 Å². The number of nitrogens with two attached hydrogens (primary N) is 1. The average Bonchev–Trinajstić information content (AvgIpc) is 2.78. The van der Waals surface area contributed by atoms with Crippen LogP contribution in [-0.4, -0.2) is 4.98 Å². The van der Waals surface area contributed by atoms with Crippen LogP contribution in [0.1, 0.15) is 0 Å². The van der Waals surface area contributed by atoms with Crippen LogP contribution in [0.15, 0.2) is 39.2 Å². The second-order valence-corrected chi connectivity index (χ2v) is 5.71. The molecule has 19 heavy (non-hydrogen) atoms. The van der Waals surface area contributed by atoms with E-state index in [0.717, 1.165) is 9.99 Å². The third kappa shape index (κ3) is 2.31. The van der Waals surface area contributed by atoms with E-state index in [1.807, 2.05) is 18.2 Å². The quantitative estimate of drug-likeness (QED) is 0.613. The highest BCUT2D eigenvalue weighted by Crippen LogP contribution is 2.34. The fraction of sp³-hybridized carbons (Fsp3) is 0. The lowest BCUT2D eigenvalue weighted by Crippen LogP contribution is -1.89. The third-order valence-corrected chi connectivity index (χ3v) is 3.79. The fourth-order valence-corrected chi connectivity index (χ4v) is 2.57. The molecule has 0 radical (unpaired) electrons. The number of hydrogen-bond donors (Lipinski definition) is 1.